The molecule has 2 aromatic rings. The smallest absolute Gasteiger partial charge is 0.394 e. The minimum Gasteiger partial charge on any atom is -0.394 e. The van der Waals surface area contributed by atoms with Gasteiger partial charge in [-0.2, -0.15) is 13.2 Å². The van der Waals surface area contributed by atoms with E-state index in [1.165, 1.54) is 29.2 Å². The number of thioether (sulfide) groups is 1. The van der Waals surface area contributed by atoms with Crippen LogP contribution in [0.2, 0.25) is 5.02 Å². The predicted octanol–water partition coefficient (Wildman–Crippen LogP) is 6.65. The first-order valence-electron chi connectivity index (χ1n) is 7.89. The van der Waals surface area contributed by atoms with E-state index in [4.69, 9.17) is 17.3 Å². The van der Waals surface area contributed by atoms with Crippen LogP contribution in [0.1, 0.15) is 38.6 Å². The second kappa shape index (κ2) is 8.99. The first-order chi connectivity index (χ1) is 12.6. The number of rotatable bonds is 6. The minimum absolute atomic E-state index is 0.0180. The second-order valence-electron chi connectivity index (χ2n) is 5.63. The molecule has 0 aliphatic carbocycles. The van der Waals surface area contributed by atoms with Gasteiger partial charge in [0.2, 0.25) is 0 Å². The van der Waals surface area contributed by atoms with Crippen LogP contribution < -0.4 is 11.1 Å². The summed E-state index contributed by atoms with van der Waals surface area (Å²) >= 11 is 8.26. The molecular weight excluding hydrogens is 417 g/mol. The number of hydrogen-bond donors (Lipinski definition) is 2. The van der Waals surface area contributed by atoms with Crippen molar-refractivity contribution < 1.29 is 13.2 Å². The van der Waals surface area contributed by atoms with Crippen LogP contribution in [0.4, 0.5) is 24.1 Å². The lowest BCUT2D eigenvalue weighted by Crippen LogP contribution is -2.10. The van der Waals surface area contributed by atoms with Gasteiger partial charge in [-0.25, -0.2) is 9.97 Å². The SMILES string of the molecule is CC/C=C(\N)SC(=C(C)C)c1csc(Nc2ccc(Cl)c(C(F)(F)F)n2)n1. The number of nitrogens with zero attached hydrogens (tertiary/aromatic N) is 2. The van der Waals surface area contributed by atoms with Crippen LogP contribution in [0, 0.1) is 0 Å². The van der Waals surface area contributed by atoms with E-state index in [2.05, 4.69) is 15.3 Å². The lowest BCUT2D eigenvalue weighted by Gasteiger charge is -2.10. The van der Waals surface area contributed by atoms with Gasteiger partial charge in [-0.3, -0.25) is 0 Å². The number of allylic oxidation sites excluding steroid dienone is 2. The van der Waals surface area contributed by atoms with Crippen molar-refractivity contribution in [3.05, 3.63) is 50.6 Å². The number of alkyl halides is 3. The highest BCUT2D eigenvalue weighted by molar-refractivity contribution is 8.11. The van der Waals surface area contributed by atoms with Crippen molar-refractivity contribution in [3.63, 3.8) is 0 Å². The van der Waals surface area contributed by atoms with Gasteiger partial charge >= 0.3 is 6.18 Å². The maximum Gasteiger partial charge on any atom is 0.434 e. The van der Waals surface area contributed by atoms with Crippen LogP contribution in [0.3, 0.4) is 0 Å². The molecule has 0 aromatic carbocycles. The first kappa shape index (κ1) is 21.6. The number of anilines is 2. The van der Waals surface area contributed by atoms with E-state index in [1.54, 1.807) is 0 Å². The molecule has 4 nitrogen and oxygen atoms in total. The fourth-order valence-electron chi connectivity index (χ4n) is 2.03. The maximum absolute atomic E-state index is 12.9. The summed E-state index contributed by atoms with van der Waals surface area (Å²) in [6, 6.07) is 2.53. The van der Waals surface area contributed by atoms with Gasteiger partial charge in [-0.1, -0.05) is 41.9 Å². The molecule has 0 unspecified atom stereocenters. The van der Waals surface area contributed by atoms with Gasteiger partial charge in [0, 0.05) is 10.3 Å². The number of thiazole rings is 1. The third kappa shape index (κ3) is 5.88. The van der Waals surface area contributed by atoms with Gasteiger partial charge in [0.1, 0.15) is 5.82 Å². The molecule has 0 aliphatic heterocycles. The summed E-state index contributed by atoms with van der Waals surface area (Å²) < 4.78 is 38.8. The number of aromatic nitrogens is 2. The molecule has 0 aliphatic rings. The van der Waals surface area contributed by atoms with E-state index in [9.17, 15) is 13.2 Å². The average Bonchev–Trinajstić information content (AvgIpc) is 3.01. The molecule has 3 N–H and O–H groups in total. The number of hydrogen-bond acceptors (Lipinski definition) is 6. The number of nitrogens with two attached hydrogens (primary N) is 1. The van der Waals surface area contributed by atoms with Gasteiger partial charge in [-0.15, -0.1) is 11.3 Å². The van der Waals surface area contributed by atoms with E-state index >= 15 is 0 Å². The van der Waals surface area contributed by atoms with Crippen LogP contribution in [-0.4, -0.2) is 9.97 Å². The predicted molar refractivity (Wildman–Crippen MR) is 108 cm³/mol. The summed E-state index contributed by atoms with van der Waals surface area (Å²) in [4.78, 5) is 8.90. The maximum atomic E-state index is 12.9. The zero-order valence-electron chi connectivity index (χ0n) is 14.8. The van der Waals surface area contributed by atoms with Crippen LogP contribution in [0.15, 0.2) is 34.2 Å². The molecule has 0 amide bonds. The van der Waals surface area contributed by atoms with Crippen molar-refractivity contribution >= 4 is 50.6 Å². The molecule has 0 fully saturated rings. The Morgan fingerprint density at radius 2 is 2.04 bits per heavy atom. The zero-order valence-corrected chi connectivity index (χ0v) is 17.2. The third-order valence-corrected chi connectivity index (χ3v) is 5.45. The molecule has 0 bridgehead atoms. The third-order valence-electron chi connectivity index (χ3n) is 3.17. The summed E-state index contributed by atoms with van der Waals surface area (Å²) in [5.74, 6) is 0.0180. The van der Waals surface area contributed by atoms with Crippen molar-refractivity contribution in [2.45, 2.75) is 33.4 Å². The molecule has 2 aromatic heterocycles. The largest absolute Gasteiger partial charge is 0.434 e. The Morgan fingerprint density at radius 1 is 1.33 bits per heavy atom. The minimum atomic E-state index is -4.63. The van der Waals surface area contributed by atoms with E-state index < -0.39 is 16.9 Å². The van der Waals surface area contributed by atoms with Crippen molar-refractivity contribution in [1.82, 2.24) is 9.97 Å². The fraction of sp³-hybridized carbons (Fsp3) is 0.294. The van der Waals surface area contributed by atoms with Crippen molar-refractivity contribution in [2.24, 2.45) is 5.73 Å². The van der Waals surface area contributed by atoms with Gasteiger partial charge in [0.15, 0.2) is 10.8 Å². The first-order valence-corrected chi connectivity index (χ1v) is 9.96. The molecule has 2 heterocycles. The molecule has 0 saturated heterocycles. The highest BCUT2D eigenvalue weighted by Gasteiger charge is 2.35. The standard InChI is InChI=1S/C17H18ClF3N4S2/c1-4-5-12(22)27-14(9(2)3)11-8-26-16(23-11)25-13-7-6-10(18)15(24-13)17(19,20)21/h5-8H,4,22H2,1-3H3,(H,23,24,25)/b12-5+. The van der Waals surface area contributed by atoms with E-state index in [0.29, 0.717) is 15.9 Å². The van der Waals surface area contributed by atoms with Crippen LogP contribution in [0.5, 0.6) is 0 Å². The molecule has 0 saturated carbocycles. The van der Waals surface area contributed by atoms with E-state index in [0.717, 1.165) is 23.0 Å². The Bertz CT molecular complexity index is 871. The highest BCUT2D eigenvalue weighted by Crippen LogP contribution is 2.37. The number of nitrogens with one attached hydrogen (secondary N) is 1. The molecule has 0 spiro atoms. The average molecular weight is 435 g/mol. The van der Waals surface area contributed by atoms with Crippen LogP contribution in [0.25, 0.3) is 4.91 Å². The van der Waals surface area contributed by atoms with E-state index in [1.807, 2.05) is 32.2 Å². The second-order valence-corrected chi connectivity index (χ2v) is 7.98. The molecule has 10 heteroatoms. The van der Waals surface area contributed by atoms with Crippen LogP contribution >= 0.6 is 34.7 Å². The van der Waals surface area contributed by atoms with Gasteiger partial charge in [-0.05, 0) is 32.4 Å². The molecule has 27 heavy (non-hydrogen) atoms. The Hall–Kier alpha value is -1.71. The van der Waals surface area contributed by atoms with Crippen molar-refractivity contribution in [3.8, 4) is 0 Å². The normalized spacial score (nSPS) is 12.2. The number of pyridine rings is 1. The number of halogens is 4. The Morgan fingerprint density at radius 3 is 2.63 bits per heavy atom. The van der Waals surface area contributed by atoms with Gasteiger partial charge in [0.05, 0.1) is 15.7 Å². The van der Waals surface area contributed by atoms with Crippen molar-refractivity contribution in [1.29, 1.82) is 0 Å². The molecular formula is C17H18ClF3N4S2. The molecule has 2 rings (SSSR count). The lowest BCUT2D eigenvalue weighted by molar-refractivity contribution is -0.140. The zero-order chi connectivity index (χ0) is 20.2. The summed E-state index contributed by atoms with van der Waals surface area (Å²) in [5, 5.41) is 5.26. The fourth-order valence-corrected chi connectivity index (χ4v) is 3.92. The lowest BCUT2D eigenvalue weighted by atomic mass is 10.3. The molecule has 146 valence electrons. The topological polar surface area (TPSA) is 63.8 Å². The highest BCUT2D eigenvalue weighted by atomic mass is 35.5. The van der Waals surface area contributed by atoms with Gasteiger partial charge in [0.25, 0.3) is 0 Å². The summed E-state index contributed by atoms with van der Waals surface area (Å²) in [5.41, 5.74) is 6.58. The Kier molecular flexibility index (Phi) is 7.19. The van der Waals surface area contributed by atoms with Crippen LogP contribution in [-0.2, 0) is 6.18 Å². The Labute approximate surface area is 168 Å². The van der Waals surface area contributed by atoms with E-state index in [-0.39, 0.29) is 5.82 Å². The van der Waals surface area contributed by atoms with Crippen molar-refractivity contribution in [2.75, 3.05) is 5.32 Å². The quantitative estimate of drug-likeness (QED) is 0.533. The summed E-state index contributed by atoms with van der Waals surface area (Å²) in [6.07, 6.45) is -1.89. The molecule has 0 radical (unpaired) electrons. The monoisotopic (exact) mass is 434 g/mol. The molecule has 0 atom stereocenters. The summed E-state index contributed by atoms with van der Waals surface area (Å²) in [6.45, 7) is 5.89. The van der Waals surface area contributed by atoms with Gasteiger partial charge < -0.3 is 11.1 Å². The Balaban J connectivity index is 2.25. The summed E-state index contributed by atoms with van der Waals surface area (Å²) in [7, 11) is 0.